The number of anilines is 3. The van der Waals surface area contributed by atoms with Gasteiger partial charge in [0.25, 0.3) is 0 Å². The zero-order valence-electron chi connectivity index (χ0n) is 37.5. The third-order valence-corrected chi connectivity index (χ3v) is 13.2. The van der Waals surface area contributed by atoms with E-state index in [1.54, 1.807) is 0 Å². The second-order valence-electron chi connectivity index (χ2n) is 17.3. The van der Waals surface area contributed by atoms with Gasteiger partial charge in [0.1, 0.15) is 0 Å². The van der Waals surface area contributed by atoms with Crippen molar-refractivity contribution in [1.29, 1.82) is 0 Å². The Morgan fingerprint density at radius 1 is 0.235 bits per heavy atom. The van der Waals surface area contributed by atoms with E-state index in [4.69, 9.17) is 0 Å². The Morgan fingerprint density at radius 2 is 0.618 bits per heavy atom. The molecule has 0 radical (unpaired) electrons. The van der Waals surface area contributed by atoms with Crippen molar-refractivity contribution in [2.75, 3.05) is 4.90 Å². The van der Waals surface area contributed by atoms with E-state index in [2.05, 4.69) is 289 Å². The average molecular weight is 867 g/mol. The van der Waals surface area contributed by atoms with E-state index in [1.807, 2.05) is 0 Å². The molecule has 68 heavy (non-hydrogen) atoms. The Balaban J connectivity index is 0.984. The lowest BCUT2D eigenvalue weighted by Gasteiger charge is -2.26. The Morgan fingerprint density at radius 3 is 1.10 bits per heavy atom. The maximum absolute atomic E-state index is 2.42. The van der Waals surface area contributed by atoms with Gasteiger partial charge >= 0.3 is 0 Å². The first-order valence-corrected chi connectivity index (χ1v) is 23.3. The molecule has 0 bridgehead atoms. The molecule has 1 heterocycles. The summed E-state index contributed by atoms with van der Waals surface area (Å²) in [6, 6.07) is 101. The van der Waals surface area contributed by atoms with Crippen molar-refractivity contribution in [3.05, 3.63) is 279 Å². The first-order chi connectivity index (χ1) is 33.7. The number of hydrogen-bond donors (Lipinski definition) is 0. The van der Waals surface area contributed by atoms with Crippen LogP contribution in [0, 0.1) is 0 Å². The molecule has 0 atom stereocenters. The van der Waals surface area contributed by atoms with Gasteiger partial charge in [0.15, 0.2) is 0 Å². The summed E-state index contributed by atoms with van der Waals surface area (Å²) < 4.78 is 2.42. The molecule has 0 amide bonds. The Hall–Kier alpha value is -8.98. The first kappa shape index (κ1) is 40.5. The van der Waals surface area contributed by atoms with E-state index in [-0.39, 0.29) is 0 Å². The molecule has 12 rings (SSSR count). The minimum absolute atomic E-state index is 1.08. The molecule has 1 aromatic heterocycles. The highest BCUT2D eigenvalue weighted by atomic mass is 15.1. The predicted molar refractivity (Wildman–Crippen MR) is 288 cm³/mol. The third kappa shape index (κ3) is 7.74. The van der Waals surface area contributed by atoms with Gasteiger partial charge in [-0.1, -0.05) is 212 Å². The summed E-state index contributed by atoms with van der Waals surface area (Å²) in [6.07, 6.45) is 0. The lowest BCUT2D eigenvalue weighted by molar-refractivity contribution is 1.18. The van der Waals surface area contributed by atoms with Crippen LogP contribution >= 0.6 is 0 Å². The molecule has 0 unspecified atom stereocenters. The summed E-state index contributed by atoms with van der Waals surface area (Å²) in [5, 5.41) is 2.46. The fourth-order valence-electron chi connectivity index (χ4n) is 9.81. The highest BCUT2D eigenvalue weighted by Gasteiger charge is 2.20. The first-order valence-electron chi connectivity index (χ1n) is 23.3. The van der Waals surface area contributed by atoms with Crippen LogP contribution in [0.15, 0.2) is 279 Å². The van der Waals surface area contributed by atoms with Crippen molar-refractivity contribution < 1.29 is 0 Å². The normalized spacial score (nSPS) is 11.2. The predicted octanol–water partition coefficient (Wildman–Crippen LogP) is 18.3. The molecule has 12 aromatic rings. The van der Waals surface area contributed by atoms with E-state index < -0.39 is 0 Å². The largest absolute Gasteiger partial charge is 0.310 e. The second kappa shape index (κ2) is 17.8. The van der Waals surface area contributed by atoms with Gasteiger partial charge in [0, 0.05) is 33.5 Å². The van der Waals surface area contributed by atoms with Crippen molar-refractivity contribution in [3.8, 4) is 72.4 Å². The molecule has 2 heteroatoms. The zero-order chi connectivity index (χ0) is 45.2. The van der Waals surface area contributed by atoms with Crippen LogP contribution in [0.1, 0.15) is 0 Å². The minimum Gasteiger partial charge on any atom is -0.310 e. The quantitative estimate of drug-likeness (QED) is 0.133. The zero-order valence-corrected chi connectivity index (χ0v) is 37.5. The lowest BCUT2D eigenvalue weighted by Crippen LogP contribution is -2.10. The molecule has 0 N–H and O–H groups in total. The van der Waals surface area contributed by atoms with Crippen LogP contribution in [-0.2, 0) is 0 Å². The van der Waals surface area contributed by atoms with E-state index in [0.29, 0.717) is 0 Å². The average Bonchev–Trinajstić information content (AvgIpc) is 3.76. The number of rotatable bonds is 10. The molecule has 320 valence electrons. The number of aromatic nitrogens is 1. The van der Waals surface area contributed by atoms with E-state index in [0.717, 1.165) is 28.3 Å². The molecule has 0 aliphatic carbocycles. The highest BCUT2D eigenvalue weighted by molar-refractivity contribution is 6.17. The van der Waals surface area contributed by atoms with Crippen molar-refractivity contribution in [3.63, 3.8) is 0 Å². The smallest absolute Gasteiger partial charge is 0.0553 e. The van der Waals surface area contributed by atoms with Crippen LogP contribution in [0.4, 0.5) is 17.1 Å². The van der Waals surface area contributed by atoms with Crippen LogP contribution in [0.25, 0.3) is 94.3 Å². The number of nitrogens with zero attached hydrogens (tertiary/aromatic N) is 2. The molecule has 0 aliphatic rings. The maximum atomic E-state index is 2.42. The summed E-state index contributed by atoms with van der Waals surface area (Å²) in [5.74, 6) is 0. The standard InChI is InChI=1S/C66H46N2/c1-5-16-47(17-6-1)50-28-32-52(33-29-50)54-36-40-59(41-37-54)67(60-42-38-55(39-43-60)53-34-30-51(31-35-53)48-18-7-2-8-19-48)61-25-15-22-56(44-61)63-45-57(49-20-9-3-10-21-49)46-65-66(63)62-26-13-14-27-64(62)68(65)58-23-11-4-12-24-58/h1-46H. The molecule has 0 spiro atoms. The number of hydrogen-bond acceptors (Lipinski definition) is 1. The molecule has 0 saturated carbocycles. The molecule has 2 nitrogen and oxygen atoms in total. The highest BCUT2D eigenvalue weighted by Crippen LogP contribution is 2.44. The number of fused-ring (bicyclic) bond motifs is 3. The van der Waals surface area contributed by atoms with E-state index in [1.165, 1.54) is 83.0 Å². The molecule has 0 saturated heterocycles. The van der Waals surface area contributed by atoms with Crippen molar-refractivity contribution in [2.45, 2.75) is 0 Å². The summed E-state index contributed by atoms with van der Waals surface area (Å²) in [7, 11) is 0. The van der Waals surface area contributed by atoms with Gasteiger partial charge in [-0.05, 0) is 133 Å². The summed E-state index contributed by atoms with van der Waals surface area (Å²) >= 11 is 0. The van der Waals surface area contributed by atoms with Crippen molar-refractivity contribution >= 4 is 38.9 Å². The van der Waals surface area contributed by atoms with Crippen LogP contribution in [-0.4, -0.2) is 4.57 Å². The Bertz CT molecular complexity index is 3530. The molecule has 11 aromatic carbocycles. The van der Waals surface area contributed by atoms with Crippen LogP contribution < -0.4 is 4.90 Å². The van der Waals surface area contributed by atoms with Gasteiger partial charge in [-0.2, -0.15) is 0 Å². The molecule has 0 fully saturated rings. The third-order valence-electron chi connectivity index (χ3n) is 13.2. The van der Waals surface area contributed by atoms with Gasteiger partial charge in [-0.3, -0.25) is 0 Å². The Labute approximate surface area is 397 Å². The second-order valence-corrected chi connectivity index (χ2v) is 17.3. The van der Waals surface area contributed by atoms with Gasteiger partial charge in [0.2, 0.25) is 0 Å². The van der Waals surface area contributed by atoms with Crippen LogP contribution in [0.3, 0.4) is 0 Å². The monoisotopic (exact) mass is 866 g/mol. The summed E-state index contributed by atoms with van der Waals surface area (Å²) in [6.45, 7) is 0. The van der Waals surface area contributed by atoms with E-state index in [9.17, 15) is 0 Å². The number of benzene rings is 11. The summed E-state index contributed by atoms with van der Waals surface area (Å²) in [5.41, 5.74) is 21.0. The minimum atomic E-state index is 1.08. The topological polar surface area (TPSA) is 8.17 Å². The SMILES string of the molecule is c1ccc(-c2ccc(-c3ccc(N(c4ccc(-c5ccc(-c6ccccc6)cc5)cc4)c4cccc(-c5cc(-c6ccccc6)cc6c5c5ccccc5n6-c5ccccc5)c4)cc3)cc2)cc1. The summed E-state index contributed by atoms with van der Waals surface area (Å²) in [4.78, 5) is 2.39. The van der Waals surface area contributed by atoms with Gasteiger partial charge < -0.3 is 9.47 Å². The fraction of sp³-hybridized carbons (Fsp3) is 0. The van der Waals surface area contributed by atoms with Crippen molar-refractivity contribution in [1.82, 2.24) is 4.57 Å². The molecular formula is C66H46N2. The van der Waals surface area contributed by atoms with Gasteiger partial charge in [-0.15, -0.1) is 0 Å². The Kier molecular flexibility index (Phi) is 10.6. The van der Waals surface area contributed by atoms with Gasteiger partial charge in [-0.25, -0.2) is 0 Å². The van der Waals surface area contributed by atoms with Crippen LogP contribution in [0.2, 0.25) is 0 Å². The number of para-hydroxylation sites is 2. The van der Waals surface area contributed by atoms with Crippen LogP contribution in [0.5, 0.6) is 0 Å². The van der Waals surface area contributed by atoms with Gasteiger partial charge in [0.05, 0.1) is 11.0 Å². The molecular weight excluding hydrogens is 821 g/mol. The lowest BCUT2D eigenvalue weighted by atomic mass is 9.94. The molecule has 0 aliphatic heterocycles. The fourth-order valence-corrected chi connectivity index (χ4v) is 9.81. The van der Waals surface area contributed by atoms with E-state index >= 15 is 0 Å². The maximum Gasteiger partial charge on any atom is 0.0553 e. The van der Waals surface area contributed by atoms with Crippen molar-refractivity contribution in [2.24, 2.45) is 0 Å².